The van der Waals surface area contributed by atoms with Crippen LogP contribution in [0.2, 0.25) is 0 Å². The van der Waals surface area contributed by atoms with Gasteiger partial charge in [-0.2, -0.15) is 8.42 Å². The molecule has 7 heteroatoms. The van der Waals surface area contributed by atoms with Gasteiger partial charge in [0, 0.05) is 0 Å². The lowest BCUT2D eigenvalue weighted by Gasteiger charge is -1.99. The maximum atomic E-state index is 11.4. The van der Waals surface area contributed by atoms with Crippen LogP contribution in [0.5, 0.6) is 0 Å². The highest BCUT2D eigenvalue weighted by atomic mass is 32.2. The molecule has 5 nitrogen and oxygen atoms in total. The van der Waals surface area contributed by atoms with Crippen LogP contribution >= 0.6 is 11.3 Å². The number of fused-ring (bicyclic) bond motifs is 1. The molecular formula is C8H8N2O3S2. The first-order chi connectivity index (χ1) is 7.03. The van der Waals surface area contributed by atoms with E-state index in [2.05, 4.69) is 9.17 Å². The molecule has 0 saturated carbocycles. The van der Waals surface area contributed by atoms with Gasteiger partial charge in [-0.25, -0.2) is 4.98 Å². The molecule has 80 valence electrons. The van der Waals surface area contributed by atoms with Crippen LogP contribution in [0, 0.1) is 0 Å². The van der Waals surface area contributed by atoms with Crippen LogP contribution in [0.15, 0.2) is 23.1 Å². The van der Waals surface area contributed by atoms with E-state index in [1.807, 2.05) is 0 Å². The first-order valence-corrected chi connectivity index (χ1v) is 6.22. The van der Waals surface area contributed by atoms with Gasteiger partial charge in [-0.3, -0.25) is 4.18 Å². The predicted octanol–water partition coefficient (Wildman–Crippen LogP) is 1.21. The van der Waals surface area contributed by atoms with Crippen LogP contribution in [0.3, 0.4) is 0 Å². The molecule has 0 atom stereocenters. The summed E-state index contributed by atoms with van der Waals surface area (Å²) in [6.45, 7) is 0. The summed E-state index contributed by atoms with van der Waals surface area (Å²) in [5.41, 5.74) is 6.20. The number of anilines is 1. The quantitative estimate of drug-likeness (QED) is 0.803. The standard InChI is InChI=1S/C8H8N2O3S2/c1-13-15(11,12)5-2-3-6-7(4-5)14-8(9)10-6/h2-4H,1H3,(H2,9,10). The van der Waals surface area contributed by atoms with Crippen molar-refractivity contribution in [2.45, 2.75) is 4.90 Å². The van der Waals surface area contributed by atoms with Crippen molar-refractivity contribution in [1.29, 1.82) is 0 Å². The molecule has 2 aromatic rings. The van der Waals surface area contributed by atoms with E-state index in [1.165, 1.54) is 23.5 Å². The van der Waals surface area contributed by atoms with Gasteiger partial charge in [0.2, 0.25) is 0 Å². The summed E-state index contributed by atoms with van der Waals surface area (Å²) < 4.78 is 27.9. The van der Waals surface area contributed by atoms with E-state index in [1.54, 1.807) is 6.07 Å². The normalized spacial score (nSPS) is 12.1. The molecule has 0 fully saturated rings. The third kappa shape index (κ3) is 1.81. The molecule has 0 radical (unpaired) electrons. The van der Waals surface area contributed by atoms with E-state index >= 15 is 0 Å². The molecule has 0 spiro atoms. The molecule has 2 N–H and O–H groups in total. The minimum Gasteiger partial charge on any atom is -0.375 e. The van der Waals surface area contributed by atoms with Crippen LogP contribution in [0.4, 0.5) is 5.13 Å². The van der Waals surface area contributed by atoms with Crippen molar-refractivity contribution in [3.63, 3.8) is 0 Å². The Bertz CT molecular complexity index is 603. The van der Waals surface area contributed by atoms with E-state index in [0.29, 0.717) is 10.6 Å². The Balaban J connectivity index is 2.66. The molecule has 0 saturated heterocycles. The summed E-state index contributed by atoms with van der Waals surface area (Å²) in [6.07, 6.45) is 0. The summed E-state index contributed by atoms with van der Waals surface area (Å²) >= 11 is 1.24. The molecule has 0 aliphatic heterocycles. The number of hydrogen-bond acceptors (Lipinski definition) is 6. The Morgan fingerprint density at radius 1 is 1.47 bits per heavy atom. The summed E-state index contributed by atoms with van der Waals surface area (Å²) in [5, 5.41) is 0.414. The first-order valence-electron chi connectivity index (χ1n) is 3.99. The van der Waals surface area contributed by atoms with Crippen LogP contribution in [0.25, 0.3) is 10.2 Å². The van der Waals surface area contributed by atoms with Gasteiger partial charge in [0.25, 0.3) is 10.1 Å². The number of benzene rings is 1. The number of rotatable bonds is 2. The average Bonchev–Trinajstić information content (AvgIpc) is 2.56. The van der Waals surface area contributed by atoms with Crippen molar-refractivity contribution in [2.24, 2.45) is 0 Å². The maximum absolute atomic E-state index is 11.4. The summed E-state index contributed by atoms with van der Waals surface area (Å²) in [5.74, 6) is 0. The number of hydrogen-bond donors (Lipinski definition) is 1. The Labute approximate surface area is 90.6 Å². The van der Waals surface area contributed by atoms with Gasteiger partial charge in [0.1, 0.15) is 0 Å². The summed E-state index contributed by atoms with van der Waals surface area (Å²) in [4.78, 5) is 4.13. The zero-order chi connectivity index (χ0) is 11.1. The zero-order valence-corrected chi connectivity index (χ0v) is 9.43. The van der Waals surface area contributed by atoms with E-state index in [9.17, 15) is 8.42 Å². The second-order valence-corrected chi connectivity index (χ2v) is 5.58. The number of thiazole rings is 1. The lowest BCUT2D eigenvalue weighted by molar-refractivity contribution is 0.398. The molecule has 0 bridgehead atoms. The monoisotopic (exact) mass is 244 g/mol. The van der Waals surface area contributed by atoms with Crippen molar-refractivity contribution in [2.75, 3.05) is 12.8 Å². The molecule has 0 unspecified atom stereocenters. The summed E-state index contributed by atoms with van der Waals surface area (Å²) in [6, 6.07) is 4.55. The van der Waals surface area contributed by atoms with Crippen LogP contribution in [-0.2, 0) is 14.3 Å². The molecule has 1 aromatic heterocycles. The highest BCUT2D eigenvalue weighted by molar-refractivity contribution is 7.86. The van der Waals surface area contributed by atoms with Crippen molar-refractivity contribution in [3.8, 4) is 0 Å². The third-order valence-electron chi connectivity index (χ3n) is 1.88. The Morgan fingerprint density at radius 2 is 2.20 bits per heavy atom. The van der Waals surface area contributed by atoms with Crippen molar-refractivity contribution in [1.82, 2.24) is 4.98 Å². The average molecular weight is 244 g/mol. The molecule has 0 amide bonds. The topological polar surface area (TPSA) is 82.3 Å². The predicted molar refractivity (Wildman–Crippen MR) is 58.2 cm³/mol. The van der Waals surface area contributed by atoms with E-state index in [0.717, 1.165) is 11.8 Å². The molecular weight excluding hydrogens is 236 g/mol. The minimum absolute atomic E-state index is 0.112. The number of nitrogens with two attached hydrogens (primary N) is 1. The van der Waals surface area contributed by atoms with Gasteiger partial charge >= 0.3 is 0 Å². The molecule has 15 heavy (non-hydrogen) atoms. The maximum Gasteiger partial charge on any atom is 0.296 e. The number of nitrogen functional groups attached to an aromatic ring is 1. The minimum atomic E-state index is -3.64. The number of aromatic nitrogens is 1. The molecule has 0 aliphatic carbocycles. The van der Waals surface area contributed by atoms with Gasteiger partial charge in [0.05, 0.1) is 22.2 Å². The first kappa shape index (κ1) is 10.3. The molecule has 0 aliphatic rings. The van der Waals surface area contributed by atoms with Crippen LogP contribution in [-0.4, -0.2) is 20.5 Å². The zero-order valence-electron chi connectivity index (χ0n) is 7.80. The second-order valence-electron chi connectivity index (χ2n) is 2.80. The molecule has 2 rings (SSSR count). The van der Waals surface area contributed by atoms with Crippen LogP contribution in [0.1, 0.15) is 0 Å². The lowest BCUT2D eigenvalue weighted by atomic mass is 10.3. The van der Waals surface area contributed by atoms with Crippen molar-refractivity contribution >= 4 is 36.8 Å². The van der Waals surface area contributed by atoms with Gasteiger partial charge in [-0.1, -0.05) is 11.3 Å². The lowest BCUT2D eigenvalue weighted by Crippen LogP contribution is -2.01. The highest BCUT2D eigenvalue weighted by Gasteiger charge is 2.14. The van der Waals surface area contributed by atoms with Crippen molar-refractivity contribution < 1.29 is 12.6 Å². The Kier molecular flexibility index (Phi) is 2.37. The second kappa shape index (κ2) is 3.44. The van der Waals surface area contributed by atoms with Crippen LogP contribution < -0.4 is 5.73 Å². The van der Waals surface area contributed by atoms with Gasteiger partial charge in [-0.05, 0) is 18.2 Å². The smallest absolute Gasteiger partial charge is 0.296 e. The molecule has 1 heterocycles. The van der Waals surface area contributed by atoms with E-state index < -0.39 is 10.1 Å². The molecule has 1 aromatic carbocycles. The van der Waals surface area contributed by atoms with E-state index in [4.69, 9.17) is 5.73 Å². The SMILES string of the molecule is COS(=O)(=O)c1ccc2nc(N)sc2c1. The largest absolute Gasteiger partial charge is 0.375 e. The van der Waals surface area contributed by atoms with Crippen molar-refractivity contribution in [3.05, 3.63) is 18.2 Å². The fourth-order valence-electron chi connectivity index (χ4n) is 1.17. The third-order valence-corrected chi connectivity index (χ3v) is 4.00. The highest BCUT2D eigenvalue weighted by Crippen LogP contribution is 2.26. The van der Waals surface area contributed by atoms with E-state index in [-0.39, 0.29) is 4.90 Å². The summed E-state index contributed by atoms with van der Waals surface area (Å²) in [7, 11) is -2.52. The Hall–Kier alpha value is -1.18. The fraction of sp³-hybridized carbons (Fsp3) is 0.125. The Morgan fingerprint density at radius 3 is 2.87 bits per heavy atom. The van der Waals surface area contributed by atoms with Gasteiger partial charge in [-0.15, -0.1) is 0 Å². The van der Waals surface area contributed by atoms with Gasteiger partial charge < -0.3 is 5.73 Å². The van der Waals surface area contributed by atoms with Gasteiger partial charge in [0.15, 0.2) is 5.13 Å². The number of nitrogens with zero attached hydrogens (tertiary/aromatic N) is 1. The fourth-order valence-corrected chi connectivity index (χ4v) is 2.71.